The van der Waals surface area contributed by atoms with Gasteiger partial charge in [0.05, 0.1) is 0 Å². The van der Waals surface area contributed by atoms with E-state index in [1.54, 1.807) is 0 Å². The first kappa shape index (κ1) is 28.7. The highest BCUT2D eigenvalue weighted by Gasteiger charge is 2.24. The van der Waals surface area contributed by atoms with Crippen LogP contribution in [0, 0.1) is 5.92 Å². The summed E-state index contributed by atoms with van der Waals surface area (Å²) in [6.45, 7) is 6.07. The number of hydrogen-bond acceptors (Lipinski definition) is 2. The predicted molar refractivity (Wildman–Crippen MR) is 128 cm³/mol. The number of amides is 1. The summed E-state index contributed by atoms with van der Waals surface area (Å²) in [5.41, 5.74) is 0. The van der Waals surface area contributed by atoms with Crippen molar-refractivity contribution < 1.29 is 14.7 Å². The molecule has 0 aromatic heterocycles. The molecular formula is C26H49NO3. The Balaban J connectivity index is 3.46. The lowest BCUT2D eigenvalue weighted by molar-refractivity contribution is -0.143. The fraction of sp³-hybridized carbons (Fsp3) is 0.846. The van der Waals surface area contributed by atoms with Crippen molar-refractivity contribution in [1.82, 2.24) is 5.32 Å². The van der Waals surface area contributed by atoms with Gasteiger partial charge in [0.2, 0.25) is 5.91 Å². The van der Waals surface area contributed by atoms with E-state index < -0.39 is 12.0 Å². The van der Waals surface area contributed by atoms with Gasteiger partial charge in [-0.15, -0.1) is 0 Å². The molecule has 0 aromatic carbocycles. The average Bonchev–Trinajstić information content (AvgIpc) is 2.73. The Hall–Kier alpha value is -1.32. The van der Waals surface area contributed by atoms with Crippen LogP contribution >= 0.6 is 0 Å². The molecule has 0 radical (unpaired) electrons. The zero-order chi connectivity index (χ0) is 22.5. The molecule has 0 aliphatic carbocycles. The fourth-order valence-corrected chi connectivity index (χ4v) is 3.64. The molecule has 1 amide bonds. The second-order valence-corrected chi connectivity index (χ2v) is 8.81. The van der Waals surface area contributed by atoms with E-state index in [4.69, 9.17) is 0 Å². The number of carboxylic acid groups (broad SMARTS) is 1. The summed E-state index contributed by atoms with van der Waals surface area (Å²) in [4.78, 5) is 23.2. The largest absolute Gasteiger partial charge is 0.480 e. The Bertz CT molecular complexity index is 448. The van der Waals surface area contributed by atoms with Gasteiger partial charge in [-0.05, 0) is 38.0 Å². The Morgan fingerprint density at radius 3 is 1.70 bits per heavy atom. The summed E-state index contributed by atoms with van der Waals surface area (Å²) in [7, 11) is 0. The van der Waals surface area contributed by atoms with Gasteiger partial charge in [-0.1, -0.05) is 104 Å². The first-order chi connectivity index (χ1) is 14.5. The van der Waals surface area contributed by atoms with Crippen LogP contribution in [0.1, 0.15) is 130 Å². The highest BCUT2D eigenvalue weighted by Crippen LogP contribution is 2.12. The number of rotatable bonds is 21. The standard InChI is InChI=1S/C26H49NO3/c1-4-6-7-8-9-10-11-12-13-14-15-16-17-18-19-20-21-22-24(28)27-25(26(29)30)23(3)5-2/h12-13,23,25H,4-11,14-22H2,1-3H3,(H,27,28)(H,29,30)/b13-12-/t23-,25-/m0/s1. The van der Waals surface area contributed by atoms with Crippen molar-refractivity contribution in [3.05, 3.63) is 12.2 Å². The third-order valence-corrected chi connectivity index (χ3v) is 5.96. The van der Waals surface area contributed by atoms with Crippen LogP contribution < -0.4 is 5.32 Å². The number of allylic oxidation sites excluding steroid dienone is 2. The number of carboxylic acids is 1. The van der Waals surface area contributed by atoms with Gasteiger partial charge in [0.25, 0.3) is 0 Å². The van der Waals surface area contributed by atoms with Crippen LogP contribution in [0.15, 0.2) is 12.2 Å². The average molecular weight is 424 g/mol. The van der Waals surface area contributed by atoms with Gasteiger partial charge < -0.3 is 10.4 Å². The van der Waals surface area contributed by atoms with Crippen molar-refractivity contribution >= 4 is 11.9 Å². The SMILES string of the molecule is CCCCCCCC/C=C\CCCCCCCCCC(=O)N[C@H](C(=O)O)[C@@H](C)CC. The molecule has 0 spiro atoms. The predicted octanol–water partition coefficient (Wildman–Crippen LogP) is 7.42. The van der Waals surface area contributed by atoms with E-state index in [-0.39, 0.29) is 11.8 Å². The van der Waals surface area contributed by atoms with Crippen LogP contribution in [0.2, 0.25) is 0 Å². The molecule has 0 saturated heterocycles. The smallest absolute Gasteiger partial charge is 0.326 e. The second-order valence-electron chi connectivity index (χ2n) is 8.81. The van der Waals surface area contributed by atoms with Gasteiger partial charge in [0, 0.05) is 6.42 Å². The Labute approximate surface area is 186 Å². The van der Waals surface area contributed by atoms with E-state index in [0.717, 1.165) is 25.7 Å². The van der Waals surface area contributed by atoms with Crippen LogP contribution in [0.4, 0.5) is 0 Å². The molecule has 0 fully saturated rings. The lowest BCUT2D eigenvalue weighted by atomic mass is 9.99. The van der Waals surface area contributed by atoms with Crippen molar-refractivity contribution in [3.63, 3.8) is 0 Å². The summed E-state index contributed by atoms with van der Waals surface area (Å²) in [6, 6.07) is -0.762. The third-order valence-electron chi connectivity index (χ3n) is 5.96. The molecular weight excluding hydrogens is 374 g/mol. The minimum Gasteiger partial charge on any atom is -0.480 e. The molecule has 0 aliphatic rings. The molecule has 0 heterocycles. The van der Waals surface area contributed by atoms with Gasteiger partial charge in [-0.2, -0.15) is 0 Å². The molecule has 0 unspecified atom stereocenters. The van der Waals surface area contributed by atoms with E-state index in [1.165, 1.54) is 77.0 Å². The van der Waals surface area contributed by atoms with E-state index in [1.807, 2.05) is 13.8 Å². The molecule has 4 nitrogen and oxygen atoms in total. The maximum absolute atomic E-state index is 12.0. The monoisotopic (exact) mass is 423 g/mol. The third kappa shape index (κ3) is 17.5. The number of hydrogen-bond donors (Lipinski definition) is 2. The van der Waals surface area contributed by atoms with Crippen LogP contribution in [0.25, 0.3) is 0 Å². The van der Waals surface area contributed by atoms with Crippen molar-refractivity contribution in [2.45, 2.75) is 136 Å². The van der Waals surface area contributed by atoms with Gasteiger partial charge in [0.1, 0.15) is 6.04 Å². The number of aliphatic carboxylic acids is 1. The van der Waals surface area contributed by atoms with Gasteiger partial charge in [-0.3, -0.25) is 4.79 Å². The van der Waals surface area contributed by atoms with Crippen LogP contribution in [-0.4, -0.2) is 23.0 Å². The lowest BCUT2D eigenvalue weighted by Gasteiger charge is -2.20. The molecule has 4 heteroatoms. The fourth-order valence-electron chi connectivity index (χ4n) is 3.64. The summed E-state index contributed by atoms with van der Waals surface area (Å²) in [6.07, 6.45) is 24.7. The molecule has 0 aromatic rings. The highest BCUT2D eigenvalue weighted by molar-refractivity contribution is 5.83. The maximum Gasteiger partial charge on any atom is 0.326 e. The quantitative estimate of drug-likeness (QED) is 0.149. The lowest BCUT2D eigenvalue weighted by Crippen LogP contribution is -2.44. The Morgan fingerprint density at radius 2 is 1.23 bits per heavy atom. The molecule has 2 atom stereocenters. The normalized spacial score (nSPS) is 13.4. The van der Waals surface area contributed by atoms with Crippen molar-refractivity contribution in [1.29, 1.82) is 0 Å². The van der Waals surface area contributed by atoms with Gasteiger partial charge in [0.15, 0.2) is 0 Å². The Kier molecular flexibility index (Phi) is 20.0. The minimum absolute atomic E-state index is 0.0446. The minimum atomic E-state index is -0.935. The highest BCUT2D eigenvalue weighted by atomic mass is 16.4. The van der Waals surface area contributed by atoms with E-state index >= 15 is 0 Å². The summed E-state index contributed by atoms with van der Waals surface area (Å²) >= 11 is 0. The van der Waals surface area contributed by atoms with Crippen molar-refractivity contribution in [2.24, 2.45) is 5.92 Å². The molecule has 0 aliphatic heterocycles. The van der Waals surface area contributed by atoms with E-state index in [9.17, 15) is 14.7 Å². The number of carbonyl (C=O) groups excluding carboxylic acids is 1. The zero-order valence-corrected chi connectivity index (χ0v) is 20.1. The molecule has 0 saturated carbocycles. The number of nitrogens with one attached hydrogen (secondary N) is 1. The van der Waals surface area contributed by atoms with Crippen LogP contribution in [-0.2, 0) is 9.59 Å². The number of unbranched alkanes of at least 4 members (excludes halogenated alkanes) is 13. The molecule has 0 bridgehead atoms. The maximum atomic E-state index is 12.0. The molecule has 0 rings (SSSR count). The van der Waals surface area contributed by atoms with Crippen molar-refractivity contribution in [2.75, 3.05) is 0 Å². The topological polar surface area (TPSA) is 66.4 Å². The number of carbonyl (C=O) groups is 2. The van der Waals surface area contributed by atoms with E-state index in [2.05, 4.69) is 24.4 Å². The van der Waals surface area contributed by atoms with Gasteiger partial charge in [-0.25, -0.2) is 4.79 Å². The molecule has 176 valence electrons. The zero-order valence-electron chi connectivity index (χ0n) is 20.1. The van der Waals surface area contributed by atoms with Crippen LogP contribution in [0.3, 0.4) is 0 Å². The van der Waals surface area contributed by atoms with Crippen molar-refractivity contribution in [3.8, 4) is 0 Å². The molecule has 2 N–H and O–H groups in total. The van der Waals surface area contributed by atoms with Crippen LogP contribution in [0.5, 0.6) is 0 Å². The first-order valence-electron chi connectivity index (χ1n) is 12.7. The summed E-state index contributed by atoms with van der Waals surface area (Å²) in [5.74, 6) is -1.11. The first-order valence-corrected chi connectivity index (χ1v) is 12.7. The van der Waals surface area contributed by atoms with E-state index in [0.29, 0.717) is 6.42 Å². The summed E-state index contributed by atoms with van der Waals surface area (Å²) in [5, 5.41) is 11.9. The Morgan fingerprint density at radius 1 is 0.767 bits per heavy atom. The second kappa shape index (κ2) is 20.9. The van der Waals surface area contributed by atoms with Gasteiger partial charge >= 0.3 is 5.97 Å². The summed E-state index contributed by atoms with van der Waals surface area (Å²) < 4.78 is 0. The molecule has 30 heavy (non-hydrogen) atoms.